The summed E-state index contributed by atoms with van der Waals surface area (Å²) in [6.45, 7) is 1.79. The first-order valence-corrected chi connectivity index (χ1v) is 8.55. The van der Waals surface area contributed by atoms with Crippen LogP contribution in [-0.2, 0) is 16.6 Å². The molecule has 0 aliphatic heterocycles. The van der Waals surface area contributed by atoms with E-state index in [4.69, 9.17) is 11.0 Å². The molecule has 0 saturated heterocycles. The summed E-state index contributed by atoms with van der Waals surface area (Å²) in [6, 6.07) is 9.25. The van der Waals surface area contributed by atoms with Crippen LogP contribution in [-0.4, -0.2) is 18.7 Å². The number of thiazole rings is 1. The second kappa shape index (κ2) is 6.22. The largest absolute Gasteiger partial charge is 0.326 e. The maximum atomic E-state index is 11.8. The van der Waals surface area contributed by atoms with E-state index in [1.807, 2.05) is 24.3 Å². The van der Waals surface area contributed by atoms with Crippen molar-refractivity contribution in [1.29, 1.82) is 5.26 Å². The molecular weight excluding hydrogens is 308 g/mol. The molecule has 0 bridgehead atoms. The van der Waals surface area contributed by atoms with Gasteiger partial charge in [0.2, 0.25) is 0 Å². The predicted molar refractivity (Wildman–Crippen MR) is 83.1 cm³/mol. The molecule has 0 aliphatic rings. The topological polar surface area (TPSA) is 109 Å². The molecule has 0 fully saturated rings. The molecule has 1 aromatic carbocycles. The highest BCUT2D eigenvalue weighted by atomic mass is 32.2. The maximum Gasteiger partial charge on any atom is 0.250 e. The third-order valence-corrected chi connectivity index (χ3v) is 5.27. The van der Waals surface area contributed by atoms with Crippen LogP contribution in [0.4, 0.5) is 5.13 Å². The number of nitrogens with two attached hydrogens (primary N) is 1. The Morgan fingerprint density at radius 2 is 2.10 bits per heavy atom. The van der Waals surface area contributed by atoms with Gasteiger partial charge in [0.1, 0.15) is 0 Å². The van der Waals surface area contributed by atoms with Crippen LogP contribution in [0.3, 0.4) is 0 Å². The fourth-order valence-corrected chi connectivity index (χ4v) is 3.25. The van der Waals surface area contributed by atoms with Crippen LogP contribution in [0.15, 0.2) is 29.6 Å². The summed E-state index contributed by atoms with van der Waals surface area (Å²) >= 11 is 1.17. The number of rotatable bonds is 5. The lowest BCUT2D eigenvalue weighted by atomic mass is 10.1. The van der Waals surface area contributed by atoms with Gasteiger partial charge in [0.05, 0.1) is 11.8 Å². The first-order chi connectivity index (χ1) is 9.96. The lowest BCUT2D eigenvalue weighted by molar-refractivity contribution is 0.597. The Balaban J connectivity index is 2.20. The standard InChI is InChI=1S/C13H14N4O2S2/c1-9(6-14)21(18,19)17-13-16-12(8-20-13)11-4-2-10(7-15)3-5-11/h2-5,8-9H,7,15H2,1H3,(H,16,17). The van der Waals surface area contributed by atoms with Gasteiger partial charge in [-0.3, -0.25) is 4.72 Å². The Morgan fingerprint density at radius 3 is 2.67 bits per heavy atom. The SMILES string of the molecule is CC(C#N)S(=O)(=O)Nc1nc(-c2ccc(CN)cc2)cs1. The van der Waals surface area contributed by atoms with E-state index in [9.17, 15) is 8.42 Å². The van der Waals surface area contributed by atoms with E-state index < -0.39 is 15.3 Å². The number of benzene rings is 1. The van der Waals surface area contributed by atoms with Gasteiger partial charge in [0.25, 0.3) is 10.0 Å². The fraction of sp³-hybridized carbons (Fsp3) is 0.231. The summed E-state index contributed by atoms with van der Waals surface area (Å²) in [4.78, 5) is 4.23. The summed E-state index contributed by atoms with van der Waals surface area (Å²) < 4.78 is 25.9. The van der Waals surface area contributed by atoms with Crippen LogP contribution in [0, 0.1) is 11.3 Å². The number of nitrogens with zero attached hydrogens (tertiary/aromatic N) is 2. The minimum Gasteiger partial charge on any atom is -0.326 e. The van der Waals surface area contributed by atoms with E-state index in [1.165, 1.54) is 18.3 Å². The van der Waals surface area contributed by atoms with Crippen molar-refractivity contribution in [2.75, 3.05) is 4.72 Å². The van der Waals surface area contributed by atoms with Crippen molar-refractivity contribution in [1.82, 2.24) is 4.98 Å². The van der Waals surface area contributed by atoms with Crippen molar-refractivity contribution >= 4 is 26.5 Å². The van der Waals surface area contributed by atoms with Crippen LogP contribution >= 0.6 is 11.3 Å². The molecule has 0 amide bonds. The lowest BCUT2D eigenvalue weighted by Gasteiger charge is -2.05. The normalized spacial score (nSPS) is 12.6. The van der Waals surface area contributed by atoms with E-state index in [1.54, 1.807) is 11.4 Å². The molecule has 110 valence electrons. The number of nitrogens with one attached hydrogen (secondary N) is 1. The predicted octanol–water partition coefficient (Wildman–Crippen LogP) is 1.92. The van der Waals surface area contributed by atoms with Gasteiger partial charge >= 0.3 is 0 Å². The molecule has 3 N–H and O–H groups in total. The van der Waals surface area contributed by atoms with Gasteiger partial charge in [-0.15, -0.1) is 11.3 Å². The van der Waals surface area contributed by atoms with Crippen LogP contribution in [0.25, 0.3) is 11.3 Å². The zero-order valence-corrected chi connectivity index (χ0v) is 12.9. The molecule has 2 rings (SSSR count). The summed E-state index contributed by atoms with van der Waals surface area (Å²) in [6.07, 6.45) is 0. The molecule has 0 radical (unpaired) electrons. The van der Waals surface area contributed by atoms with Crippen LogP contribution in [0.2, 0.25) is 0 Å². The van der Waals surface area contributed by atoms with Gasteiger partial charge in [-0.25, -0.2) is 13.4 Å². The second-order valence-corrected chi connectivity index (χ2v) is 7.22. The highest BCUT2D eigenvalue weighted by molar-refractivity contribution is 7.93. The number of nitriles is 1. The number of aromatic nitrogens is 1. The van der Waals surface area contributed by atoms with Crippen molar-refractivity contribution < 1.29 is 8.42 Å². The molecule has 1 unspecified atom stereocenters. The first-order valence-electron chi connectivity index (χ1n) is 6.12. The van der Waals surface area contributed by atoms with Gasteiger partial charge in [-0.1, -0.05) is 24.3 Å². The van der Waals surface area contributed by atoms with E-state index in [2.05, 4.69) is 9.71 Å². The van der Waals surface area contributed by atoms with E-state index >= 15 is 0 Å². The van der Waals surface area contributed by atoms with Gasteiger partial charge in [0, 0.05) is 17.5 Å². The number of hydrogen-bond donors (Lipinski definition) is 2. The average molecular weight is 322 g/mol. The third-order valence-electron chi connectivity index (χ3n) is 2.87. The summed E-state index contributed by atoms with van der Waals surface area (Å²) in [5.41, 5.74) is 8.10. The monoisotopic (exact) mass is 322 g/mol. The number of anilines is 1. The first kappa shape index (κ1) is 15.4. The lowest BCUT2D eigenvalue weighted by Crippen LogP contribution is -2.23. The minimum absolute atomic E-state index is 0.245. The molecule has 1 heterocycles. The van der Waals surface area contributed by atoms with Gasteiger partial charge < -0.3 is 5.73 Å². The van der Waals surface area contributed by atoms with Crippen molar-refractivity contribution in [3.05, 3.63) is 35.2 Å². The molecule has 1 aromatic heterocycles. The Labute approximate surface area is 127 Å². The summed E-state index contributed by atoms with van der Waals surface area (Å²) in [7, 11) is -3.72. The van der Waals surface area contributed by atoms with E-state index in [0.717, 1.165) is 11.1 Å². The Morgan fingerprint density at radius 1 is 1.43 bits per heavy atom. The van der Waals surface area contributed by atoms with Crippen molar-refractivity contribution in [2.45, 2.75) is 18.7 Å². The summed E-state index contributed by atoms with van der Waals surface area (Å²) in [5, 5.41) is 9.56. The summed E-state index contributed by atoms with van der Waals surface area (Å²) in [5.74, 6) is 0. The van der Waals surface area contributed by atoms with Gasteiger partial charge in [0.15, 0.2) is 10.4 Å². The Bertz CT molecular complexity index is 760. The maximum absolute atomic E-state index is 11.8. The number of sulfonamides is 1. The van der Waals surface area contributed by atoms with Crippen LogP contribution in [0.1, 0.15) is 12.5 Å². The van der Waals surface area contributed by atoms with Crippen molar-refractivity contribution in [3.8, 4) is 17.3 Å². The molecule has 21 heavy (non-hydrogen) atoms. The molecule has 0 saturated carbocycles. The van der Waals surface area contributed by atoms with Gasteiger partial charge in [-0.2, -0.15) is 5.26 Å². The third kappa shape index (κ3) is 3.58. The van der Waals surface area contributed by atoms with E-state index in [0.29, 0.717) is 12.2 Å². The van der Waals surface area contributed by atoms with Crippen LogP contribution < -0.4 is 10.5 Å². The Hall–Kier alpha value is -1.95. The second-order valence-electron chi connectivity index (χ2n) is 4.36. The molecule has 0 aliphatic carbocycles. The Kier molecular flexibility index (Phi) is 4.57. The zero-order chi connectivity index (χ0) is 15.5. The van der Waals surface area contributed by atoms with E-state index in [-0.39, 0.29) is 5.13 Å². The molecular formula is C13H14N4O2S2. The molecule has 1 atom stereocenters. The minimum atomic E-state index is -3.72. The average Bonchev–Trinajstić information content (AvgIpc) is 2.94. The van der Waals surface area contributed by atoms with Crippen molar-refractivity contribution in [3.63, 3.8) is 0 Å². The zero-order valence-electron chi connectivity index (χ0n) is 11.3. The molecule has 2 aromatic rings. The number of hydrogen-bond acceptors (Lipinski definition) is 6. The quantitative estimate of drug-likeness (QED) is 0.874. The molecule has 0 spiro atoms. The fourth-order valence-electron chi connectivity index (χ4n) is 1.54. The highest BCUT2D eigenvalue weighted by Gasteiger charge is 2.21. The van der Waals surface area contributed by atoms with Crippen molar-refractivity contribution in [2.24, 2.45) is 5.73 Å². The van der Waals surface area contributed by atoms with Crippen LogP contribution in [0.5, 0.6) is 0 Å². The molecule has 8 heteroatoms. The van der Waals surface area contributed by atoms with Gasteiger partial charge in [-0.05, 0) is 12.5 Å². The highest BCUT2D eigenvalue weighted by Crippen LogP contribution is 2.26. The molecule has 6 nitrogen and oxygen atoms in total. The smallest absolute Gasteiger partial charge is 0.250 e.